The third-order valence-electron chi connectivity index (χ3n) is 3.46. The van der Waals surface area contributed by atoms with Gasteiger partial charge in [0.2, 0.25) is 0 Å². The molecule has 2 rings (SSSR count). The fraction of sp³-hybridized carbons (Fsp3) is 0.312. The zero-order chi connectivity index (χ0) is 17.0. The molecule has 7 heteroatoms. The van der Waals surface area contributed by atoms with E-state index in [-0.39, 0.29) is 24.6 Å². The number of anilines is 1. The number of carbonyl (C=O) groups is 2. The van der Waals surface area contributed by atoms with Crippen LogP contribution in [0.3, 0.4) is 0 Å². The van der Waals surface area contributed by atoms with Crippen molar-refractivity contribution in [2.75, 3.05) is 32.5 Å². The lowest BCUT2D eigenvalue weighted by Crippen LogP contribution is -2.39. The van der Waals surface area contributed by atoms with Crippen LogP contribution in [0.15, 0.2) is 29.5 Å². The largest absolute Gasteiger partial charge is 0.466 e. The molecule has 0 spiro atoms. The summed E-state index contributed by atoms with van der Waals surface area (Å²) in [6.45, 7) is 1.84. The Balaban J connectivity index is 2.62. The van der Waals surface area contributed by atoms with Crippen LogP contribution in [0, 0.1) is 18.3 Å². The summed E-state index contributed by atoms with van der Waals surface area (Å²) in [5.41, 5.74) is 1.97. The lowest BCUT2D eigenvalue weighted by molar-refractivity contribution is -0.140. The molecule has 0 radical (unpaired) electrons. The second-order valence-electron chi connectivity index (χ2n) is 4.83. The van der Waals surface area contributed by atoms with E-state index in [1.54, 1.807) is 18.2 Å². The Morgan fingerprint density at radius 1 is 1.26 bits per heavy atom. The predicted molar refractivity (Wildman–Crippen MR) is 80.3 cm³/mol. The highest BCUT2D eigenvalue weighted by Gasteiger charge is 2.33. The molecule has 0 fully saturated rings. The Kier molecular flexibility index (Phi) is 4.98. The molecule has 23 heavy (non-hydrogen) atoms. The van der Waals surface area contributed by atoms with E-state index in [9.17, 15) is 9.59 Å². The van der Waals surface area contributed by atoms with Gasteiger partial charge >= 0.3 is 11.9 Å². The van der Waals surface area contributed by atoms with Crippen LogP contribution in [0.1, 0.15) is 11.1 Å². The number of methoxy groups -OCH3 is 2. The summed E-state index contributed by atoms with van der Waals surface area (Å²) in [6, 6.07) is 7.10. The molecule has 1 aliphatic rings. The molecule has 0 amide bonds. The summed E-state index contributed by atoms with van der Waals surface area (Å²) < 4.78 is 14.9. The molecule has 1 aromatic rings. The van der Waals surface area contributed by atoms with Gasteiger partial charge in [0.15, 0.2) is 0 Å². The normalized spacial score (nSPS) is 14.3. The molecule has 7 nitrogen and oxygen atoms in total. The molecule has 0 bridgehead atoms. The Morgan fingerprint density at radius 3 is 2.57 bits per heavy atom. The van der Waals surface area contributed by atoms with Crippen molar-refractivity contribution in [1.82, 2.24) is 0 Å². The summed E-state index contributed by atoms with van der Waals surface area (Å²) in [4.78, 5) is 25.6. The lowest BCUT2D eigenvalue weighted by Gasteiger charge is -2.32. The van der Waals surface area contributed by atoms with Gasteiger partial charge in [-0.3, -0.25) is 0 Å². The molecule has 120 valence electrons. The minimum absolute atomic E-state index is 0.0510. The molecule has 1 aromatic carbocycles. The summed E-state index contributed by atoms with van der Waals surface area (Å²) in [6.07, 6.45) is 0. The molecular formula is C16H16N2O5. The van der Waals surface area contributed by atoms with Gasteiger partial charge in [-0.05, 0) is 24.6 Å². The molecule has 0 aromatic heterocycles. The predicted octanol–water partition coefficient (Wildman–Crippen LogP) is 1.26. The van der Waals surface area contributed by atoms with Gasteiger partial charge in [0.05, 0.1) is 38.0 Å². The minimum atomic E-state index is -0.671. The number of nitriles is 1. The first-order valence-corrected chi connectivity index (χ1v) is 6.79. The van der Waals surface area contributed by atoms with Crippen molar-refractivity contribution in [3.63, 3.8) is 0 Å². The minimum Gasteiger partial charge on any atom is -0.466 e. The maximum Gasteiger partial charge on any atom is 0.355 e. The Hall–Kier alpha value is -2.85. The Labute approximate surface area is 133 Å². The van der Waals surface area contributed by atoms with Crippen LogP contribution < -0.4 is 4.90 Å². The molecule has 1 aliphatic heterocycles. The standard InChI is InChI=1S/C16H16N2O5/c1-10-4-5-11(7-17)6-13(10)18-9-23-8-12(15(19)21-2)14(18)16(20)22-3/h4-6H,8-9H2,1-3H3. The van der Waals surface area contributed by atoms with Crippen molar-refractivity contribution in [2.24, 2.45) is 0 Å². The Bertz CT molecular complexity index is 718. The van der Waals surface area contributed by atoms with Crippen molar-refractivity contribution in [3.8, 4) is 6.07 Å². The third kappa shape index (κ3) is 3.17. The first-order chi connectivity index (χ1) is 11.0. The van der Waals surface area contributed by atoms with E-state index < -0.39 is 11.9 Å². The number of rotatable bonds is 3. The van der Waals surface area contributed by atoms with Gasteiger partial charge in [-0.15, -0.1) is 0 Å². The fourth-order valence-corrected chi connectivity index (χ4v) is 2.30. The lowest BCUT2D eigenvalue weighted by atomic mass is 10.1. The Morgan fingerprint density at radius 2 is 1.96 bits per heavy atom. The smallest absolute Gasteiger partial charge is 0.355 e. The SMILES string of the molecule is COC(=O)C1=C(C(=O)OC)N(c2cc(C#N)ccc2C)COC1. The van der Waals surface area contributed by atoms with Gasteiger partial charge in [-0.1, -0.05) is 6.07 Å². The van der Waals surface area contributed by atoms with Crippen molar-refractivity contribution < 1.29 is 23.8 Å². The van der Waals surface area contributed by atoms with Gasteiger partial charge in [-0.2, -0.15) is 5.26 Å². The quantitative estimate of drug-likeness (QED) is 0.776. The topological polar surface area (TPSA) is 88.9 Å². The van der Waals surface area contributed by atoms with Crippen LogP contribution in [0.4, 0.5) is 5.69 Å². The first-order valence-electron chi connectivity index (χ1n) is 6.79. The van der Waals surface area contributed by atoms with Crippen molar-refractivity contribution >= 4 is 17.6 Å². The van der Waals surface area contributed by atoms with E-state index >= 15 is 0 Å². The van der Waals surface area contributed by atoms with Crippen molar-refractivity contribution in [3.05, 3.63) is 40.6 Å². The van der Waals surface area contributed by atoms with Gasteiger partial charge in [0.1, 0.15) is 12.4 Å². The molecule has 0 N–H and O–H groups in total. The van der Waals surface area contributed by atoms with Gasteiger partial charge < -0.3 is 19.1 Å². The van der Waals surface area contributed by atoms with Crippen molar-refractivity contribution in [2.45, 2.75) is 6.92 Å². The first kappa shape index (κ1) is 16.5. The van der Waals surface area contributed by atoms with Crippen LogP contribution >= 0.6 is 0 Å². The summed E-state index contributed by atoms with van der Waals surface area (Å²) >= 11 is 0. The number of esters is 2. The highest BCUT2D eigenvalue weighted by molar-refractivity contribution is 6.03. The fourth-order valence-electron chi connectivity index (χ4n) is 2.30. The van der Waals surface area contributed by atoms with Gasteiger partial charge in [0.25, 0.3) is 0 Å². The van der Waals surface area contributed by atoms with E-state index in [0.29, 0.717) is 11.3 Å². The van der Waals surface area contributed by atoms with E-state index in [0.717, 1.165) is 5.56 Å². The summed E-state index contributed by atoms with van der Waals surface area (Å²) in [5, 5.41) is 9.07. The molecule has 0 saturated carbocycles. The number of ether oxygens (including phenoxy) is 3. The number of carbonyl (C=O) groups excluding carboxylic acids is 2. The number of hydrogen-bond donors (Lipinski definition) is 0. The van der Waals surface area contributed by atoms with Gasteiger partial charge in [-0.25, -0.2) is 9.59 Å². The van der Waals surface area contributed by atoms with Crippen LogP contribution in [0.25, 0.3) is 0 Å². The molecule has 0 unspecified atom stereocenters. The zero-order valence-corrected chi connectivity index (χ0v) is 13.1. The van der Waals surface area contributed by atoms with Crippen LogP contribution in [-0.4, -0.2) is 39.5 Å². The van der Waals surface area contributed by atoms with E-state index in [1.165, 1.54) is 19.1 Å². The zero-order valence-electron chi connectivity index (χ0n) is 13.1. The van der Waals surface area contributed by atoms with E-state index in [4.69, 9.17) is 19.5 Å². The van der Waals surface area contributed by atoms with Crippen LogP contribution in [0.2, 0.25) is 0 Å². The second-order valence-corrected chi connectivity index (χ2v) is 4.83. The maximum atomic E-state index is 12.2. The molecule has 0 atom stereocenters. The number of hydrogen-bond acceptors (Lipinski definition) is 7. The monoisotopic (exact) mass is 316 g/mol. The average Bonchev–Trinajstić information content (AvgIpc) is 2.60. The molecule has 0 aliphatic carbocycles. The molecule has 1 heterocycles. The molecular weight excluding hydrogens is 300 g/mol. The second kappa shape index (κ2) is 6.94. The summed E-state index contributed by atoms with van der Waals surface area (Å²) in [7, 11) is 2.46. The van der Waals surface area contributed by atoms with E-state index in [1.807, 2.05) is 13.0 Å². The van der Waals surface area contributed by atoms with Crippen molar-refractivity contribution in [1.29, 1.82) is 5.26 Å². The number of aryl methyl sites for hydroxylation is 1. The number of benzene rings is 1. The van der Waals surface area contributed by atoms with E-state index in [2.05, 4.69) is 0 Å². The maximum absolute atomic E-state index is 12.2. The van der Waals surface area contributed by atoms with Gasteiger partial charge in [0, 0.05) is 5.69 Å². The highest BCUT2D eigenvalue weighted by Crippen LogP contribution is 2.30. The summed E-state index contributed by atoms with van der Waals surface area (Å²) in [5.74, 6) is -1.33. The number of nitrogens with zero attached hydrogens (tertiary/aromatic N) is 2. The highest BCUT2D eigenvalue weighted by atomic mass is 16.5. The molecule has 0 saturated heterocycles. The third-order valence-corrected chi connectivity index (χ3v) is 3.46. The van der Waals surface area contributed by atoms with Crippen LogP contribution in [-0.2, 0) is 23.8 Å². The van der Waals surface area contributed by atoms with Crippen LogP contribution in [0.5, 0.6) is 0 Å². The average molecular weight is 316 g/mol.